The summed E-state index contributed by atoms with van der Waals surface area (Å²) in [6.07, 6.45) is 1.73. The highest BCUT2D eigenvalue weighted by atomic mass is 15.0. The molecule has 1 heterocycles. The van der Waals surface area contributed by atoms with Crippen LogP contribution in [0, 0.1) is 11.8 Å². The molecule has 0 atom stereocenters. The van der Waals surface area contributed by atoms with Gasteiger partial charge in [0.1, 0.15) is 0 Å². The Morgan fingerprint density at radius 3 is 2.23 bits per heavy atom. The van der Waals surface area contributed by atoms with Crippen molar-refractivity contribution in [3.8, 4) is 0 Å². The molecule has 2 heteroatoms. The molecule has 0 unspecified atom stereocenters. The second-order valence-corrected chi connectivity index (χ2v) is 3.99. The molecule has 72 valence electrons. The van der Waals surface area contributed by atoms with Gasteiger partial charge in [0.25, 0.3) is 0 Å². The van der Waals surface area contributed by atoms with Crippen LogP contribution in [-0.2, 0) is 0 Å². The summed E-state index contributed by atoms with van der Waals surface area (Å²) in [7, 11) is 0. The van der Waals surface area contributed by atoms with Crippen LogP contribution in [0.1, 0.15) is 27.7 Å². The van der Waals surface area contributed by atoms with Gasteiger partial charge in [-0.2, -0.15) is 0 Å². The molecule has 1 aliphatic rings. The average molecular weight is 178 g/mol. The lowest BCUT2D eigenvalue weighted by Crippen LogP contribution is -2.23. The molecule has 0 radical (unpaired) electrons. The first-order chi connectivity index (χ1) is 6.04. The molecule has 13 heavy (non-hydrogen) atoms. The van der Waals surface area contributed by atoms with Crippen LogP contribution in [0.15, 0.2) is 28.5 Å². The fourth-order valence-corrected chi connectivity index (χ4v) is 1.60. The SMILES string of the molecule is C=C1N=CNC(C(C)C)=C1C(C)C. The number of hydrogen-bond donors (Lipinski definition) is 1. The average Bonchev–Trinajstić information content (AvgIpc) is 2.02. The van der Waals surface area contributed by atoms with Gasteiger partial charge in [0.05, 0.1) is 12.0 Å². The molecule has 0 aliphatic carbocycles. The Kier molecular flexibility index (Phi) is 2.91. The smallest absolute Gasteiger partial charge is 0.0927 e. The first kappa shape index (κ1) is 10.0. The van der Waals surface area contributed by atoms with Crippen LogP contribution >= 0.6 is 0 Å². The van der Waals surface area contributed by atoms with E-state index >= 15 is 0 Å². The molecular weight excluding hydrogens is 160 g/mol. The van der Waals surface area contributed by atoms with Crippen molar-refractivity contribution in [2.24, 2.45) is 16.8 Å². The molecule has 1 rings (SSSR count). The third-order valence-corrected chi connectivity index (χ3v) is 2.20. The van der Waals surface area contributed by atoms with E-state index in [1.165, 1.54) is 11.3 Å². The molecule has 1 N–H and O–H groups in total. The molecule has 0 aromatic rings. The highest BCUT2D eigenvalue weighted by molar-refractivity contribution is 5.65. The number of nitrogens with zero attached hydrogens (tertiary/aromatic N) is 1. The van der Waals surface area contributed by atoms with Crippen LogP contribution in [0.4, 0.5) is 0 Å². The van der Waals surface area contributed by atoms with E-state index in [9.17, 15) is 0 Å². The standard InChI is InChI=1S/C11H18N2/c1-7(2)10-9(5)12-6-13-11(10)8(3)4/h6-8H,5H2,1-4H3,(H,12,13). The second-order valence-electron chi connectivity index (χ2n) is 3.99. The molecule has 2 nitrogen and oxygen atoms in total. The monoisotopic (exact) mass is 178 g/mol. The second kappa shape index (κ2) is 3.77. The normalized spacial score (nSPS) is 17.2. The Balaban J connectivity index is 3.07. The Bertz CT molecular complexity index is 270. The summed E-state index contributed by atoms with van der Waals surface area (Å²) in [5.41, 5.74) is 3.42. The lowest BCUT2D eigenvalue weighted by molar-refractivity contribution is 0.661. The molecule has 0 saturated heterocycles. The molecule has 0 fully saturated rings. The van der Waals surface area contributed by atoms with Gasteiger partial charge in [-0.25, -0.2) is 4.99 Å². The predicted octanol–water partition coefficient (Wildman–Crippen LogP) is 2.70. The molecule has 0 saturated carbocycles. The minimum atomic E-state index is 0.481. The number of nitrogens with one attached hydrogen (secondary N) is 1. The summed E-state index contributed by atoms with van der Waals surface area (Å²) in [5.74, 6) is 0.982. The van der Waals surface area contributed by atoms with Gasteiger partial charge < -0.3 is 5.32 Å². The maximum atomic E-state index is 4.18. The molecule has 0 spiro atoms. The van der Waals surface area contributed by atoms with Crippen molar-refractivity contribution in [1.82, 2.24) is 5.32 Å². The van der Waals surface area contributed by atoms with Crippen LogP contribution < -0.4 is 5.32 Å². The zero-order valence-electron chi connectivity index (χ0n) is 8.89. The lowest BCUT2D eigenvalue weighted by Gasteiger charge is -2.24. The van der Waals surface area contributed by atoms with Gasteiger partial charge in [-0.05, 0) is 17.4 Å². The van der Waals surface area contributed by atoms with Gasteiger partial charge in [-0.15, -0.1) is 0 Å². The Morgan fingerprint density at radius 2 is 1.85 bits per heavy atom. The van der Waals surface area contributed by atoms with Gasteiger partial charge in [-0.1, -0.05) is 34.3 Å². The molecule has 1 aliphatic heterocycles. The van der Waals surface area contributed by atoms with Crippen molar-refractivity contribution in [2.45, 2.75) is 27.7 Å². The van der Waals surface area contributed by atoms with Crippen molar-refractivity contribution in [2.75, 3.05) is 0 Å². The number of aliphatic imine (C=N–C) groups is 1. The molecule has 0 aromatic heterocycles. The van der Waals surface area contributed by atoms with Gasteiger partial charge >= 0.3 is 0 Å². The maximum absolute atomic E-state index is 4.18. The summed E-state index contributed by atoms with van der Waals surface area (Å²) in [5, 5.41) is 3.21. The maximum Gasteiger partial charge on any atom is 0.0927 e. The largest absolute Gasteiger partial charge is 0.349 e. The minimum Gasteiger partial charge on any atom is -0.349 e. The van der Waals surface area contributed by atoms with E-state index in [2.05, 4.69) is 44.6 Å². The Morgan fingerprint density at radius 1 is 1.23 bits per heavy atom. The third-order valence-electron chi connectivity index (χ3n) is 2.20. The summed E-state index contributed by atoms with van der Waals surface area (Å²) < 4.78 is 0. The lowest BCUT2D eigenvalue weighted by atomic mass is 9.93. The van der Waals surface area contributed by atoms with Crippen molar-refractivity contribution < 1.29 is 0 Å². The van der Waals surface area contributed by atoms with Gasteiger partial charge in [0.2, 0.25) is 0 Å². The topological polar surface area (TPSA) is 24.4 Å². The van der Waals surface area contributed by atoms with Crippen LogP contribution in [-0.4, -0.2) is 6.34 Å². The van der Waals surface area contributed by atoms with Gasteiger partial charge in [-0.3, -0.25) is 0 Å². The zero-order valence-corrected chi connectivity index (χ0v) is 8.89. The minimum absolute atomic E-state index is 0.481. The van der Waals surface area contributed by atoms with E-state index in [-0.39, 0.29) is 0 Å². The fourth-order valence-electron chi connectivity index (χ4n) is 1.60. The number of allylic oxidation sites excluding steroid dienone is 2. The van der Waals surface area contributed by atoms with E-state index < -0.39 is 0 Å². The molecule has 0 bridgehead atoms. The first-order valence-electron chi connectivity index (χ1n) is 4.76. The number of rotatable bonds is 2. The summed E-state index contributed by atoms with van der Waals surface area (Å²) in [4.78, 5) is 4.18. The molecular formula is C11H18N2. The van der Waals surface area contributed by atoms with Crippen molar-refractivity contribution in [3.63, 3.8) is 0 Å². The van der Waals surface area contributed by atoms with E-state index in [4.69, 9.17) is 0 Å². The summed E-state index contributed by atoms with van der Waals surface area (Å²) in [6.45, 7) is 12.7. The van der Waals surface area contributed by atoms with Crippen molar-refractivity contribution in [1.29, 1.82) is 0 Å². The van der Waals surface area contributed by atoms with E-state index in [0.29, 0.717) is 11.8 Å². The first-order valence-corrected chi connectivity index (χ1v) is 4.76. The fraction of sp³-hybridized carbons (Fsp3) is 0.545. The zero-order chi connectivity index (χ0) is 10.0. The summed E-state index contributed by atoms with van der Waals surface area (Å²) >= 11 is 0. The van der Waals surface area contributed by atoms with E-state index in [0.717, 1.165) is 5.70 Å². The van der Waals surface area contributed by atoms with Crippen LogP contribution in [0.3, 0.4) is 0 Å². The summed E-state index contributed by atoms with van der Waals surface area (Å²) in [6, 6.07) is 0. The van der Waals surface area contributed by atoms with Crippen LogP contribution in [0.2, 0.25) is 0 Å². The highest BCUT2D eigenvalue weighted by Gasteiger charge is 2.18. The molecule has 0 aromatic carbocycles. The van der Waals surface area contributed by atoms with Crippen molar-refractivity contribution in [3.05, 3.63) is 23.5 Å². The Hall–Kier alpha value is -1.05. The van der Waals surface area contributed by atoms with Gasteiger partial charge in [0.15, 0.2) is 0 Å². The quantitative estimate of drug-likeness (QED) is 0.690. The van der Waals surface area contributed by atoms with Crippen LogP contribution in [0.25, 0.3) is 0 Å². The third kappa shape index (κ3) is 2.00. The van der Waals surface area contributed by atoms with E-state index in [1.807, 2.05) is 0 Å². The van der Waals surface area contributed by atoms with Gasteiger partial charge in [0, 0.05) is 5.70 Å². The number of hydrogen-bond acceptors (Lipinski definition) is 2. The highest BCUT2D eigenvalue weighted by Crippen LogP contribution is 2.27. The predicted molar refractivity (Wildman–Crippen MR) is 57.5 cm³/mol. The molecule has 0 amide bonds. The van der Waals surface area contributed by atoms with E-state index in [1.54, 1.807) is 6.34 Å². The van der Waals surface area contributed by atoms with Crippen molar-refractivity contribution >= 4 is 6.34 Å². The Labute approximate surface area is 80.4 Å². The van der Waals surface area contributed by atoms with Crippen LogP contribution in [0.5, 0.6) is 0 Å².